The highest BCUT2D eigenvalue weighted by atomic mass is 16.5. The van der Waals surface area contributed by atoms with E-state index < -0.39 is 0 Å². The number of hydrogen-bond donors (Lipinski definition) is 2. The standard InChI is InChI=1S/C26H31N5O4/c1-34-23-7-2-6-22(16-23)29-26(33)31-12-10-30(11-13-31)9-3-5-20-15-21(18-27-17-20)25(32)28-19-24-8-4-14-35-24/h2,4,6-8,14-18H,3,5,9-13,19H2,1H3,(H,28,32)(H,29,33). The van der Waals surface area contributed by atoms with E-state index >= 15 is 0 Å². The number of benzene rings is 1. The lowest BCUT2D eigenvalue weighted by atomic mass is 10.1. The molecule has 3 heterocycles. The van der Waals surface area contributed by atoms with Gasteiger partial charge in [0.05, 0.1) is 25.5 Å². The molecule has 2 N–H and O–H groups in total. The van der Waals surface area contributed by atoms with E-state index in [1.165, 1.54) is 0 Å². The molecular formula is C26H31N5O4. The second-order valence-electron chi connectivity index (χ2n) is 8.44. The molecule has 184 valence electrons. The summed E-state index contributed by atoms with van der Waals surface area (Å²) in [5.74, 6) is 1.25. The number of furan rings is 1. The van der Waals surface area contributed by atoms with Gasteiger partial charge in [0.15, 0.2) is 0 Å². The van der Waals surface area contributed by atoms with E-state index in [4.69, 9.17) is 9.15 Å². The largest absolute Gasteiger partial charge is 0.497 e. The van der Waals surface area contributed by atoms with Gasteiger partial charge in [-0.3, -0.25) is 14.7 Å². The molecule has 4 rings (SSSR count). The van der Waals surface area contributed by atoms with Crippen molar-refractivity contribution in [2.24, 2.45) is 0 Å². The summed E-state index contributed by atoms with van der Waals surface area (Å²) in [5.41, 5.74) is 2.30. The van der Waals surface area contributed by atoms with Gasteiger partial charge in [-0.2, -0.15) is 0 Å². The number of methoxy groups -OCH3 is 1. The molecule has 1 saturated heterocycles. The zero-order chi connectivity index (χ0) is 24.5. The molecule has 9 heteroatoms. The van der Waals surface area contributed by atoms with Crippen molar-refractivity contribution in [3.63, 3.8) is 0 Å². The number of rotatable bonds is 9. The smallest absolute Gasteiger partial charge is 0.321 e. The van der Waals surface area contributed by atoms with Crippen molar-refractivity contribution >= 4 is 17.6 Å². The number of aromatic nitrogens is 1. The number of amides is 3. The van der Waals surface area contributed by atoms with Crippen LogP contribution >= 0.6 is 0 Å². The molecule has 0 atom stereocenters. The number of carbonyl (C=O) groups excluding carboxylic acids is 2. The molecule has 1 fully saturated rings. The van der Waals surface area contributed by atoms with Gasteiger partial charge in [0.2, 0.25) is 0 Å². The topological polar surface area (TPSA) is 99.9 Å². The first-order valence-corrected chi connectivity index (χ1v) is 11.8. The number of urea groups is 1. The van der Waals surface area contributed by atoms with E-state index in [9.17, 15) is 9.59 Å². The first-order valence-electron chi connectivity index (χ1n) is 11.8. The molecule has 0 bridgehead atoms. The Hall–Kier alpha value is -3.85. The Labute approximate surface area is 205 Å². The average molecular weight is 478 g/mol. The van der Waals surface area contributed by atoms with E-state index in [1.54, 1.807) is 31.7 Å². The maximum Gasteiger partial charge on any atom is 0.321 e. The van der Waals surface area contributed by atoms with Crippen LogP contribution in [0.3, 0.4) is 0 Å². The van der Waals surface area contributed by atoms with Gasteiger partial charge >= 0.3 is 6.03 Å². The maximum absolute atomic E-state index is 12.6. The fraction of sp³-hybridized carbons (Fsp3) is 0.346. The molecule has 0 unspecified atom stereocenters. The molecule has 3 aromatic rings. The summed E-state index contributed by atoms with van der Waals surface area (Å²) in [5, 5.41) is 5.79. The van der Waals surface area contributed by atoms with Crippen LogP contribution in [0.1, 0.15) is 28.1 Å². The van der Waals surface area contributed by atoms with Crippen LogP contribution in [0.4, 0.5) is 10.5 Å². The monoisotopic (exact) mass is 477 g/mol. The molecule has 0 saturated carbocycles. The van der Waals surface area contributed by atoms with Crippen molar-refractivity contribution < 1.29 is 18.7 Å². The number of carbonyl (C=O) groups is 2. The number of pyridine rings is 1. The predicted molar refractivity (Wildman–Crippen MR) is 132 cm³/mol. The molecule has 0 radical (unpaired) electrons. The van der Waals surface area contributed by atoms with Crippen LogP contribution in [0, 0.1) is 0 Å². The first-order chi connectivity index (χ1) is 17.1. The number of nitrogens with zero attached hydrogens (tertiary/aromatic N) is 3. The van der Waals surface area contributed by atoms with Gasteiger partial charge in [-0.15, -0.1) is 0 Å². The number of nitrogens with one attached hydrogen (secondary N) is 2. The second kappa shape index (κ2) is 12.0. The van der Waals surface area contributed by atoms with Crippen molar-refractivity contribution in [3.05, 3.63) is 78.0 Å². The Balaban J connectivity index is 1.17. The summed E-state index contributed by atoms with van der Waals surface area (Å²) in [6, 6.07) is 12.8. The average Bonchev–Trinajstić information content (AvgIpc) is 3.42. The zero-order valence-corrected chi connectivity index (χ0v) is 19.9. The number of hydrogen-bond acceptors (Lipinski definition) is 6. The Morgan fingerprint density at radius 2 is 1.94 bits per heavy atom. The van der Waals surface area contributed by atoms with E-state index in [-0.39, 0.29) is 11.9 Å². The van der Waals surface area contributed by atoms with Crippen LogP contribution in [0.15, 0.2) is 65.5 Å². The minimum atomic E-state index is -0.168. The van der Waals surface area contributed by atoms with Gasteiger partial charge in [0.25, 0.3) is 5.91 Å². The third-order valence-corrected chi connectivity index (χ3v) is 5.98. The van der Waals surface area contributed by atoms with Gasteiger partial charge in [0, 0.05) is 50.3 Å². The fourth-order valence-electron chi connectivity index (χ4n) is 4.02. The summed E-state index contributed by atoms with van der Waals surface area (Å²) in [6.07, 6.45) is 6.76. The molecule has 1 aliphatic heterocycles. The number of anilines is 1. The van der Waals surface area contributed by atoms with E-state index in [2.05, 4.69) is 20.5 Å². The molecule has 0 spiro atoms. The number of ether oxygens (including phenoxy) is 1. The van der Waals surface area contributed by atoms with E-state index in [0.29, 0.717) is 36.7 Å². The van der Waals surface area contributed by atoms with Crippen LogP contribution in [-0.4, -0.2) is 66.6 Å². The van der Waals surface area contributed by atoms with Crippen molar-refractivity contribution in [2.75, 3.05) is 45.2 Å². The highest BCUT2D eigenvalue weighted by Crippen LogP contribution is 2.17. The molecule has 35 heavy (non-hydrogen) atoms. The van der Waals surface area contributed by atoms with Crippen LogP contribution in [0.5, 0.6) is 5.75 Å². The van der Waals surface area contributed by atoms with Gasteiger partial charge in [-0.1, -0.05) is 6.07 Å². The lowest BCUT2D eigenvalue weighted by Crippen LogP contribution is -2.50. The molecule has 9 nitrogen and oxygen atoms in total. The Morgan fingerprint density at radius 3 is 2.71 bits per heavy atom. The van der Waals surface area contributed by atoms with Crippen molar-refractivity contribution in [2.45, 2.75) is 19.4 Å². The summed E-state index contributed by atoms with van der Waals surface area (Å²) >= 11 is 0. The minimum Gasteiger partial charge on any atom is -0.497 e. The Morgan fingerprint density at radius 1 is 1.09 bits per heavy atom. The lowest BCUT2D eigenvalue weighted by molar-refractivity contribution is 0.0947. The van der Waals surface area contributed by atoms with Crippen molar-refractivity contribution in [1.82, 2.24) is 20.1 Å². The van der Waals surface area contributed by atoms with E-state index in [0.717, 1.165) is 43.7 Å². The molecular weight excluding hydrogens is 446 g/mol. The van der Waals surface area contributed by atoms with Crippen molar-refractivity contribution in [3.8, 4) is 5.75 Å². The number of piperazine rings is 1. The van der Waals surface area contributed by atoms with Gasteiger partial charge in [-0.25, -0.2) is 4.79 Å². The fourth-order valence-corrected chi connectivity index (χ4v) is 4.02. The second-order valence-corrected chi connectivity index (χ2v) is 8.44. The molecule has 1 aliphatic rings. The normalized spacial score (nSPS) is 13.9. The first kappa shape index (κ1) is 24.3. The Kier molecular flexibility index (Phi) is 8.34. The molecule has 3 amide bonds. The maximum atomic E-state index is 12.6. The minimum absolute atomic E-state index is 0.0916. The summed E-state index contributed by atoms with van der Waals surface area (Å²) < 4.78 is 10.5. The SMILES string of the molecule is COc1cccc(NC(=O)N2CCN(CCCc3cncc(C(=O)NCc4ccco4)c3)CC2)c1. The highest BCUT2D eigenvalue weighted by Gasteiger charge is 2.21. The van der Waals surface area contributed by atoms with Crippen LogP contribution in [0.2, 0.25) is 0 Å². The summed E-state index contributed by atoms with van der Waals surface area (Å²) in [6.45, 7) is 4.31. The van der Waals surface area contributed by atoms with Gasteiger partial charge < -0.3 is 24.7 Å². The van der Waals surface area contributed by atoms with Gasteiger partial charge in [-0.05, 0) is 55.3 Å². The summed E-state index contributed by atoms with van der Waals surface area (Å²) in [7, 11) is 1.61. The lowest BCUT2D eigenvalue weighted by Gasteiger charge is -2.34. The Bertz CT molecular complexity index is 1110. The van der Waals surface area contributed by atoms with Crippen LogP contribution < -0.4 is 15.4 Å². The zero-order valence-electron chi connectivity index (χ0n) is 19.9. The third-order valence-electron chi connectivity index (χ3n) is 5.98. The van der Waals surface area contributed by atoms with Crippen LogP contribution in [0.25, 0.3) is 0 Å². The van der Waals surface area contributed by atoms with Crippen LogP contribution in [-0.2, 0) is 13.0 Å². The van der Waals surface area contributed by atoms with Crippen molar-refractivity contribution in [1.29, 1.82) is 0 Å². The highest BCUT2D eigenvalue weighted by molar-refractivity contribution is 5.94. The molecule has 1 aromatic carbocycles. The van der Waals surface area contributed by atoms with Gasteiger partial charge in [0.1, 0.15) is 11.5 Å². The molecule has 0 aliphatic carbocycles. The van der Waals surface area contributed by atoms with E-state index in [1.807, 2.05) is 41.4 Å². The summed E-state index contributed by atoms with van der Waals surface area (Å²) in [4.78, 5) is 33.4. The quantitative estimate of drug-likeness (QED) is 0.490. The number of aryl methyl sites for hydroxylation is 1. The predicted octanol–water partition coefficient (Wildman–Crippen LogP) is 3.40. The molecule has 2 aromatic heterocycles. The third kappa shape index (κ3) is 7.07.